The highest BCUT2D eigenvalue weighted by Crippen LogP contribution is 2.54. The van der Waals surface area contributed by atoms with E-state index in [0.717, 1.165) is 25.7 Å². The van der Waals surface area contributed by atoms with E-state index in [9.17, 15) is 19.5 Å². The summed E-state index contributed by atoms with van der Waals surface area (Å²) in [5.41, 5.74) is -0.604. The van der Waals surface area contributed by atoms with Gasteiger partial charge in [-0.3, -0.25) is 14.4 Å². The second-order valence-corrected chi connectivity index (χ2v) is 10.00. The number of ketones is 1. The molecule has 0 radical (unpaired) electrons. The Bertz CT molecular complexity index is 1350. The monoisotopic (exact) mass is 518 g/mol. The summed E-state index contributed by atoms with van der Waals surface area (Å²) in [7, 11) is 0. The number of unbranched alkanes of at least 4 members (excludes halogenated alkanes) is 1. The van der Waals surface area contributed by atoms with E-state index in [1.165, 1.54) is 4.90 Å². The van der Waals surface area contributed by atoms with Gasteiger partial charge in [0.2, 0.25) is 0 Å². The predicted octanol–water partition coefficient (Wildman–Crippen LogP) is 3.36. The minimum atomic E-state index is -1.79. The third-order valence-corrected chi connectivity index (χ3v) is 7.77. The first kappa shape index (κ1) is 24.5. The lowest BCUT2D eigenvalue weighted by atomic mass is 9.81. The van der Waals surface area contributed by atoms with Gasteiger partial charge in [-0.1, -0.05) is 31.5 Å². The van der Waals surface area contributed by atoms with Gasteiger partial charge in [0.1, 0.15) is 19.0 Å². The van der Waals surface area contributed by atoms with Crippen molar-refractivity contribution in [1.29, 1.82) is 0 Å². The molecular formula is C29H30N2O7. The SMILES string of the molecule is CCCCN1C(=O)[C@]2(C(=C(O)c3ccc4c(c3)OCCO4)C(=O)C(=O)N2C[C@H]2CCCO2)c2ccccc21. The molecule has 4 heterocycles. The minimum Gasteiger partial charge on any atom is -0.507 e. The number of ether oxygens (including phenoxy) is 3. The smallest absolute Gasteiger partial charge is 0.296 e. The number of carbonyl (C=O) groups is 3. The molecule has 0 saturated carbocycles. The first-order valence-electron chi connectivity index (χ1n) is 13.2. The highest BCUT2D eigenvalue weighted by atomic mass is 16.6. The van der Waals surface area contributed by atoms with Crippen molar-refractivity contribution in [1.82, 2.24) is 4.90 Å². The number of anilines is 1. The van der Waals surface area contributed by atoms with Gasteiger partial charge < -0.3 is 29.1 Å². The van der Waals surface area contributed by atoms with Crippen molar-refractivity contribution >= 4 is 29.0 Å². The number of amides is 2. The van der Waals surface area contributed by atoms with Crippen LogP contribution in [0.2, 0.25) is 0 Å². The lowest BCUT2D eigenvalue weighted by Gasteiger charge is -2.35. The molecule has 2 fully saturated rings. The Labute approximate surface area is 220 Å². The van der Waals surface area contributed by atoms with Crippen LogP contribution in [0.5, 0.6) is 11.5 Å². The van der Waals surface area contributed by atoms with Crippen molar-refractivity contribution in [2.75, 3.05) is 37.8 Å². The number of nitrogens with zero attached hydrogens (tertiary/aromatic N) is 2. The fraction of sp³-hybridized carbons (Fsp3) is 0.414. The van der Waals surface area contributed by atoms with Crippen LogP contribution in [-0.4, -0.2) is 66.6 Å². The zero-order valence-corrected chi connectivity index (χ0v) is 21.3. The average molecular weight is 519 g/mol. The molecule has 198 valence electrons. The third kappa shape index (κ3) is 3.52. The van der Waals surface area contributed by atoms with Gasteiger partial charge in [-0.2, -0.15) is 0 Å². The minimum absolute atomic E-state index is 0.0736. The molecule has 6 rings (SSSR count). The van der Waals surface area contributed by atoms with Gasteiger partial charge in [-0.05, 0) is 43.5 Å². The number of hydrogen-bond donors (Lipinski definition) is 1. The number of para-hydroxylation sites is 1. The van der Waals surface area contributed by atoms with E-state index in [-0.39, 0.29) is 23.8 Å². The van der Waals surface area contributed by atoms with E-state index in [0.29, 0.717) is 49.1 Å². The van der Waals surface area contributed by atoms with Gasteiger partial charge in [-0.15, -0.1) is 0 Å². The number of carbonyl (C=O) groups excluding carboxylic acids is 3. The van der Waals surface area contributed by atoms with Crippen molar-refractivity contribution in [2.45, 2.75) is 44.2 Å². The second kappa shape index (κ2) is 9.47. The average Bonchev–Trinajstić information content (AvgIpc) is 3.60. The number of Topliss-reactive ketones (excluding diaryl/α,β-unsaturated/α-hetero) is 1. The summed E-state index contributed by atoms with van der Waals surface area (Å²) in [5.74, 6) is -1.60. The number of hydrogen-bond acceptors (Lipinski definition) is 7. The third-order valence-electron chi connectivity index (χ3n) is 7.77. The van der Waals surface area contributed by atoms with E-state index in [1.807, 2.05) is 19.1 Å². The topological polar surface area (TPSA) is 106 Å². The molecule has 2 aromatic rings. The van der Waals surface area contributed by atoms with Gasteiger partial charge in [0.15, 0.2) is 17.0 Å². The number of rotatable bonds is 6. The summed E-state index contributed by atoms with van der Waals surface area (Å²) >= 11 is 0. The molecule has 9 nitrogen and oxygen atoms in total. The molecule has 2 saturated heterocycles. The zero-order valence-electron chi connectivity index (χ0n) is 21.3. The van der Waals surface area contributed by atoms with E-state index in [1.54, 1.807) is 35.2 Å². The number of aliphatic hydroxyl groups excluding tert-OH is 1. The molecule has 38 heavy (non-hydrogen) atoms. The molecule has 0 bridgehead atoms. The number of likely N-dealkylation sites (tertiary alicyclic amines) is 1. The Hall–Kier alpha value is -3.85. The van der Waals surface area contributed by atoms with E-state index >= 15 is 0 Å². The van der Waals surface area contributed by atoms with E-state index in [2.05, 4.69) is 0 Å². The highest BCUT2D eigenvalue weighted by molar-refractivity contribution is 6.50. The Morgan fingerprint density at radius 3 is 2.61 bits per heavy atom. The summed E-state index contributed by atoms with van der Waals surface area (Å²) in [6.45, 7) is 3.86. The normalized spacial score (nSPS) is 25.5. The van der Waals surface area contributed by atoms with Gasteiger partial charge in [0.05, 0.1) is 17.4 Å². The summed E-state index contributed by atoms with van der Waals surface area (Å²) in [6, 6.07) is 12.0. The van der Waals surface area contributed by atoms with Crippen molar-refractivity contribution < 1.29 is 33.7 Å². The molecule has 1 N–H and O–H groups in total. The molecule has 0 aliphatic carbocycles. The van der Waals surface area contributed by atoms with Crippen molar-refractivity contribution in [2.24, 2.45) is 0 Å². The van der Waals surface area contributed by atoms with Gasteiger partial charge in [-0.25, -0.2) is 0 Å². The zero-order chi connectivity index (χ0) is 26.4. The molecular weight excluding hydrogens is 488 g/mol. The summed E-state index contributed by atoms with van der Waals surface area (Å²) in [4.78, 5) is 44.9. The number of benzene rings is 2. The Morgan fingerprint density at radius 2 is 1.84 bits per heavy atom. The molecule has 0 aromatic heterocycles. The van der Waals surface area contributed by atoms with Crippen LogP contribution in [0, 0.1) is 0 Å². The van der Waals surface area contributed by atoms with Gasteiger partial charge in [0.25, 0.3) is 17.6 Å². The first-order chi connectivity index (χ1) is 18.5. The van der Waals surface area contributed by atoms with Gasteiger partial charge in [0, 0.05) is 30.8 Å². The Balaban J connectivity index is 1.58. The first-order valence-corrected chi connectivity index (χ1v) is 13.2. The van der Waals surface area contributed by atoms with Crippen LogP contribution in [-0.2, 0) is 24.7 Å². The maximum atomic E-state index is 14.5. The summed E-state index contributed by atoms with van der Waals surface area (Å²) in [6.07, 6.45) is 2.87. The summed E-state index contributed by atoms with van der Waals surface area (Å²) in [5, 5.41) is 11.7. The van der Waals surface area contributed by atoms with E-state index in [4.69, 9.17) is 14.2 Å². The van der Waals surface area contributed by atoms with Crippen molar-refractivity contribution in [3.63, 3.8) is 0 Å². The molecule has 0 unspecified atom stereocenters. The van der Waals surface area contributed by atoms with Crippen molar-refractivity contribution in [3.8, 4) is 11.5 Å². The Morgan fingerprint density at radius 1 is 1.05 bits per heavy atom. The maximum Gasteiger partial charge on any atom is 0.296 e. The lowest BCUT2D eigenvalue weighted by Crippen LogP contribution is -2.54. The van der Waals surface area contributed by atoms with Crippen LogP contribution in [0.1, 0.15) is 43.7 Å². The van der Waals surface area contributed by atoms with Crippen LogP contribution in [0.15, 0.2) is 48.0 Å². The maximum absolute atomic E-state index is 14.5. The highest BCUT2D eigenvalue weighted by Gasteiger charge is 2.67. The van der Waals surface area contributed by atoms with Crippen LogP contribution in [0.4, 0.5) is 5.69 Å². The molecule has 1 spiro atoms. The van der Waals surface area contributed by atoms with Crippen molar-refractivity contribution in [3.05, 3.63) is 59.2 Å². The quantitative estimate of drug-likeness (QED) is 0.355. The fourth-order valence-electron chi connectivity index (χ4n) is 5.98. The fourth-order valence-corrected chi connectivity index (χ4v) is 5.98. The molecule has 9 heteroatoms. The largest absolute Gasteiger partial charge is 0.507 e. The lowest BCUT2D eigenvalue weighted by molar-refractivity contribution is -0.145. The summed E-state index contributed by atoms with van der Waals surface area (Å²) < 4.78 is 17.1. The van der Waals surface area contributed by atoms with Gasteiger partial charge >= 0.3 is 0 Å². The molecule has 2 atom stereocenters. The van der Waals surface area contributed by atoms with Crippen LogP contribution in [0.3, 0.4) is 0 Å². The Kier molecular flexibility index (Phi) is 6.10. The van der Waals surface area contributed by atoms with Crippen LogP contribution < -0.4 is 14.4 Å². The van der Waals surface area contributed by atoms with Crippen LogP contribution >= 0.6 is 0 Å². The molecule has 4 aliphatic heterocycles. The van der Waals surface area contributed by atoms with Crippen LogP contribution in [0.25, 0.3) is 5.76 Å². The number of fused-ring (bicyclic) bond motifs is 3. The number of aliphatic hydroxyl groups is 1. The molecule has 4 aliphatic rings. The standard InChI is InChI=1S/C29H30N2O7/c1-2-3-12-30-21-9-5-4-8-20(21)29(28(30)35)24(26(33)27(34)31(29)17-19-7-6-13-36-19)25(32)18-10-11-22-23(16-18)38-15-14-37-22/h4-5,8-11,16,19,32H,2-3,6-7,12-15,17H2,1H3/t19-,29-/m1/s1. The second-order valence-electron chi connectivity index (χ2n) is 10.00. The molecule has 2 amide bonds. The van der Waals surface area contributed by atoms with E-state index < -0.39 is 28.9 Å². The predicted molar refractivity (Wildman–Crippen MR) is 138 cm³/mol. The molecule has 2 aromatic carbocycles.